The number of nitrogen functional groups attached to an aromatic ring is 1. The molecule has 0 saturated heterocycles. The Morgan fingerprint density at radius 3 is 3.00 bits per heavy atom. The summed E-state index contributed by atoms with van der Waals surface area (Å²) in [7, 11) is 0. The van der Waals surface area contributed by atoms with Gasteiger partial charge in [-0.3, -0.25) is 0 Å². The zero-order chi connectivity index (χ0) is 16.7. The Morgan fingerprint density at radius 2 is 2.26 bits per heavy atom. The molecule has 2 aromatic rings. The molecule has 8 heteroatoms. The van der Waals surface area contributed by atoms with Gasteiger partial charge in [0.2, 0.25) is 0 Å². The minimum Gasteiger partial charge on any atom is -0.459 e. The average Bonchev–Trinajstić information content (AvgIpc) is 2.54. The third-order valence-electron chi connectivity index (χ3n) is 2.81. The van der Waals surface area contributed by atoms with Gasteiger partial charge in [-0.15, -0.1) is 0 Å². The van der Waals surface area contributed by atoms with Crippen molar-refractivity contribution in [3.8, 4) is 6.01 Å². The number of benzene rings is 1. The van der Waals surface area contributed by atoms with Crippen LogP contribution in [0.15, 0.2) is 30.5 Å². The van der Waals surface area contributed by atoms with Crippen molar-refractivity contribution in [2.75, 3.05) is 17.6 Å². The zero-order valence-corrected chi connectivity index (χ0v) is 13.5. The van der Waals surface area contributed by atoms with Gasteiger partial charge in [0.05, 0.1) is 6.20 Å². The quantitative estimate of drug-likeness (QED) is 0.552. The number of nitrogens with two attached hydrogens (primary N) is 1. The van der Waals surface area contributed by atoms with E-state index in [1.807, 2.05) is 19.1 Å². The number of aromatic nitrogens is 2. The molecule has 2 rings (SSSR count). The van der Waals surface area contributed by atoms with E-state index in [1.165, 1.54) is 0 Å². The maximum absolute atomic E-state index is 13.7. The van der Waals surface area contributed by atoms with Crippen LogP contribution in [0.25, 0.3) is 0 Å². The third kappa shape index (κ3) is 5.33. The van der Waals surface area contributed by atoms with Crippen molar-refractivity contribution in [1.29, 1.82) is 0 Å². The number of hydrogen-bond donors (Lipinski definition) is 3. The van der Waals surface area contributed by atoms with E-state index in [9.17, 15) is 4.39 Å². The molecule has 122 valence electrons. The van der Waals surface area contributed by atoms with Crippen molar-refractivity contribution in [2.24, 2.45) is 0 Å². The lowest BCUT2D eigenvalue weighted by molar-refractivity contribution is 0.280. The summed E-state index contributed by atoms with van der Waals surface area (Å²) in [5, 5.41) is 5.91. The van der Waals surface area contributed by atoms with Crippen LogP contribution >= 0.6 is 12.2 Å². The smallest absolute Gasteiger partial charge is 0.318 e. The second-order valence-corrected chi connectivity index (χ2v) is 5.17. The lowest BCUT2D eigenvalue weighted by atomic mass is 10.2. The molecule has 0 atom stereocenters. The minimum absolute atomic E-state index is 0.0313. The fourth-order valence-electron chi connectivity index (χ4n) is 1.73. The maximum atomic E-state index is 13.7. The van der Waals surface area contributed by atoms with Crippen LogP contribution in [-0.2, 0) is 6.61 Å². The molecule has 0 bridgehead atoms. The Balaban J connectivity index is 2.00. The Hall–Kier alpha value is -2.48. The van der Waals surface area contributed by atoms with Crippen LogP contribution in [0.3, 0.4) is 0 Å². The van der Waals surface area contributed by atoms with E-state index in [0.717, 1.165) is 18.2 Å². The highest BCUT2D eigenvalue weighted by molar-refractivity contribution is 7.80. The third-order valence-corrected chi connectivity index (χ3v) is 3.05. The Kier molecular flexibility index (Phi) is 6.04. The second-order valence-electron chi connectivity index (χ2n) is 4.76. The lowest BCUT2D eigenvalue weighted by Gasteiger charge is -2.11. The van der Waals surface area contributed by atoms with Gasteiger partial charge in [0.15, 0.2) is 16.7 Å². The summed E-state index contributed by atoms with van der Waals surface area (Å²) < 4.78 is 19.2. The molecule has 0 aliphatic carbocycles. The monoisotopic (exact) mass is 335 g/mol. The molecule has 0 amide bonds. The Morgan fingerprint density at radius 1 is 1.43 bits per heavy atom. The maximum Gasteiger partial charge on any atom is 0.318 e. The van der Waals surface area contributed by atoms with Gasteiger partial charge in [-0.25, -0.2) is 9.37 Å². The zero-order valence-electron chi connectivity index (χ0n) is 12.7. The van der Waals surface area contributed by atoms with Gasteiger partial charge in [0.25, 0.3) is 0 Å². The molecular weight excluding hydrogens is 317 g/mol. The van der Waals surface area contributed by atoms with Gasteiger partial charge in [0.1, 0.15) is 6.61 Å². The SMILES string of the molecule is CCCNC(=S)Nc1nc(OCc2cccc(N)c2)ncc1F. The van der Waals surface area contributed by atoms with Crippen LogP contribution in [0.2, 0.25) is 0 Å². The summed E-state index contributed by atoms with van der Waals surface area (Å²) in [6, 6.07) is 7.30. The molecule has 0 aliphatic heterocycles. The molecule has 0 fully saturated rings. The molecule has 0 spiro atoms. The topological polar surface area (TPSA) is 85.1 Å². The van der Waals surface area contributed by atoms with E-state index >= 15 is 0 Å². The van der Waals surface area contributed by atoms with E-state index in [2.05, 4.69) is 20.6 Å². The average molecular weight is 335 g/mol. The summed E-state index contributed by atoms with van der Waals surface area (Å²) in [5.74, 6) is -0.641. The number of nitrogens with zero attached hydrogens (tertiary/aromatic N) is 2. The highest BCUT2D eigenvalue weighted by Gasteiger charge is 2.09. The summed E-state index contributed by atoms with van der Waals surface area (Å²) in [6.07, 6.45) is 1.94. The summed E-state index contributed by atoms with van der Waals surface area (Å²) in [5.41, 5.74) is 7.21. The first-order chi connectivity index (χ1) is 11.1. The number of thiocarbonyl (C=S) groups is 1. The number of nitrogens with one attached hydrogen (secondary N) is 2. The number of rotatable bonds is 6. The standard InChI is InChI=1S/C15H18FN5OS/c1-2-6-18-15(23)21-13-12(16)8-19-14(20-13)22-9-10-4-3-5-11(17)7-10/h3-5,7-8H,2,6,9,17H2,1H3,(H2,18,19,20,21,23). The van der Waals surface area contributed by atoms with E-state index in [1.54, 1.807) is 12.1 Å². The molecule has 0 aliphatic rings. The summed E-state index contributed by atoms with van der Waals surface area (Å²) in [6.45, 7) is 2.93. The molecule has 0 radical (unpaired) electrons. The van der Waals surface area contributed by atoms with Gasteiger partial charge >= 0.3 is 6.01 Å². The number of hydrogen-bond acceptors (Lipinski definition) is 5. The molecule has 23 heavy (non-hydrogen) atoms. The normalized spacial score (nSPS) is 10.2. The van der Waals surface area contributed by atoms with E-state index in [-0.39, 0.29) is 18.4 Å². The van der Waals surface area contributed by atoms with Crippen LogP contribution in [-0.4, -0.2) is 21.6 Å². The highest BCUT2D eigenvalue weighted by Crippen LogP contribution is 2.15. The Labute approximate surface area is 139 Å². The molecule has 1 aromatic heterocycles. The van der Waals surface area contributed by atoms with Crippen molar-refractivity contribution in [2.45, 2.75) is 20.0 Å². The molecule has 4 N–H and O–H groups in total. The van der Waals surface area contributed by atoms with E-state index in [0.29, 0.717) is 17.3 Å². The van der Waals surface area contributed by atoms with Crippen molar-refractivity contribution >= 4 is 28.8 Å². The fraction of sp³-hybridized carbons (Fsp3) is 0.267. The van der Waals surface area contributed by atoms with Crippen molar-refractivity contribution in [3.05, 3.63) is 41.8 Å². The molecule has 1 aromatic carbocycles. The fourth-order valence-corrected chi connectivity index (χ4v) is 1.93. The van der Waals surface area contributed by atoms with Gasteiger partial charge < -0.3 is 21.1 Å². The molecule has 0 unspecified atom stereocenters. The first-order valence-electron chi connectivity index (χ1n) is 7.13. The lowest BCUT2D eigenvalue weighted by Crippen LogP contribution is -2.29. The van der Waals surface area contributed by atoms with Gasteiger partial charge in [0, 0.05) is 12.2 Å². The molecule has 6 nitrogen and oxygen atoms in total. The molecule has 1 heterocycles. The van der Waals surface area contributed by atoms with Gasteiger partial charge in [-0.2, -0.15) is 4.98 Å². The van der Waals surface area contributed by atoms with Crippen LogP contribution in [0, 0.1) is 5.82 Å². The molecule has 0 saturated carbocycles. The summed E-state index contributed by atoms with van der Waals surface area (Å²) in [4.78, 5) is 7.78. The predicted octanol–water partition coefficient (Wildman–Crippen LogP) is 2.47. The first kappa shape index (κ1) is 16.9. The minimum atomic E-state index is -0.609. The predicted molar refractivity (Wildman–Crippen MR) is 91.7 cm³/mol. The van der Waals surface area contributed by atoms with Gasteiger partial charge in [-0.05, 0) is 36.3 Å². The number of anilines is 2. The Bertz CT molecular complexity index is 683. The van der Waals surface area contributed by atoms with Crippen molar-refractivity contribution in [3.63, 3.8) is 0 Å². The highest BCUT2D eigenvalue weighted by atomic mass is 32.1. The second kappa shape index (κ2) is 8.23. The van der Waals surface area contributed by atoms with Gasteiger partial charge in [-0.1, -0.05) is 19.1 Å². The van der Waals surface area contributed by atoms with Crippen molar-refractivity contribution in [1.82, 2.24) is 15.3 Å². The van der Waals surface area contributed by atoms with Crippen LogP contribution in [0.1, 0.15) is 18.9 Å². The number of ether oxygens (including phenoxy) is 1. The van der Waals surface area contributed by atoms with Crippen LogP contribution < -0.4 is 21.1 Å². The number of halogens is 1. The summed E-state index contributed by atoms with van der Waals surface area (Å²) >= 11 is 5.06. The van der Waals surface area contributed by atoms with E-state index in [4.69, 9.17) is 22.7 Å². The first-order valence-corrected chi connectivity index (χ1v) is 7.54. The molecular formula is C15H18FN5OS. The van der Waals surface area contributed by atoms with Crippen LogP contribution in [0.5, 0.6) is 6.01 Å². The van der Waals surface area contributed by atoms with E-state index < -0.39 is 5.82 Å². The largest absolute Gasteiger partial charge is 0.459 e. The van der Waals surface area contributed by atoms with Crippen molar-refractivity contribution < 1.29 is 9.13 Å². The van der Waals surface area contributed by atoms with Crippen LogP contribution in [0.4, 0.5) is 15.9 Å².